The first kappa shape index (κ1) is 16.5. The van der Waals surface area contributed by atoms with Crippen molar-refractivity contribution in [2.24, 2.45) is 0 Å². The van der Waals surface area contributed by atoms with Gasteiger partial charge in [-0.25, -0.2) is 4.79 Å². The summed E-state index contributed by atoms with van der Waals surface area (Å²) >= 11 is 0. The van der Waals surface area contributed by atoms with Crippen LogP contribution in [-0.2, 0) is 6.61 Å². The highest BCUT2D eigenvalue weighted by atomic mass is 16.6. The molecule has 0 N–H and O–H groups in total. The van der Waals surface area contributed by atoms with Gasteiger partial charge in [0.15, 0.2) is 11.5 Å². The zero-order chi connectivity index (χ0) is 18.0. The van der Waals surface area contributed by atoms with Gasteiger partial charge in [0.25, 0.3) is 5.69 Å². The van der Waals surface area contributed by atoms with Crippen LogP contribution in [0.25, 0.3) is 11.0 Å². The van der Waals surface area contributed by atoms with E-state index in [2.05, 4.69) is 0 Å². The molecule has 0 spiro atoms. The van der Waals surface area contributed by atoms with E-state index in [1.807, 2.05) is 19.1 Å². The normalized spacial score (nSPS) is 10.6. The van der Waals surface area contributed by atoms with Gasteiger partial charge in [0, 0.05) is 23.1 Å². The van der Waals surface area contributed by atoms with Crippen LogP contribution >= 0.6 is 0 Å². The zero-order valence-corrected chi connectivity index (χ0v) is 13.6. The molecule has 7 nitrogen and oxygen atoms in total. The van der Waals surface area contributed by atoms with Gasteiger partial charge in [-0.1, -0.05) is 12.1 Å². The van der Waals surface area contributed by atoms with Crippen molar-refractivity contribution in [3.8, 4) is 11.5 Å². The molecule has 0 unspecified atom stereocenters. The first-order chi connectivity index (χ1) is 12.0. The fourth-order valence-corrected chi connectivity index (χ4v) is 2.50. The van der Waals surface area contributed by atoms with Crippen molar-refractivity contribution in [1.29, 1.82) is 0 Å². The van der Waals surface area contributed by atoms with Crippen LogP contribution < -0.4 is 15.1 Å². The van der Waals surface area contributed by atoms with Crippen LogP contribution in [0.2, 0.25) is 0 Å². The van der Waals surface area contributed by atoms with Gasteiger partial charge in [0.05, 0.1) is 18.1 Å². The maximum atomic E-state index is 11.8. The Labute approximate surface area is 142 Å². The maximum absolute atomic E-state index is 11.8. The van der Waals surface area contributed by atoms with E-state index in [0.717, 1.165) is 10.9 Å². The van der Waals surface area contributed by atoms with Crippen molar-refractivity contribution in [1.82, 2.24) is 0 Å². The number of hydrogen-bond acceptors (Lipinski definition) is 6. The van der Waals surface area contributed by atoms with E-state index in [4.69, 9.17) is 13.9 Å². The summed E-state index contributed by atoms with van der Waals surface area (Å²) < 4.78 is 16.1. The zero-order valence-electron chi connectivity index (χ0n) is 13.6. The molecule has 1 aromatic heterocycles. The minimum absolute atomic E-state index is 0.0443. The molecule has 0 amide bonds. The van der Waals surface area contributed by atoms with Crippen molar-refractivity contribution < 1.29 is 18.8 Å². The Bertz CT molecular complexity index is 1010. The highest BCUT2D eigenvalue weighted by Crippen LogP contribution is 2.32. The fraction of sp³-hybridized carbons (Fsp3) is 0.167. The molecule has 0 fully saturated rings. The molecule has 3 aromatic rings. The van der Waals surface area contributed by atoms with Gasteiger partial charge in [-0.15, -0.1) is 0 Å². The number of non-ortho nitro benzene ring substituents is 1. The number of nitrogens with zero attached hydrogens (tertiary/aromatic N) is 1. The van der Waals surface area contributed by atoms with Crippen LogP contribution in [0.3, 0.4) is 0 Å². The molecule has 0 atom stereocenters. The molecule has 25 heavy (non-hydrogen) atoms. The number of nitro groups is 1. The van der Waals surface area contributed by atoms with Crippen LogP contribution in [0, 0.1) is 17.0 Å². The lowest BCUT2D eigenvalue weighted by atomic mass is 10.1. The molecule has 0 saturated heterocycles. The van der Waals surface area contributed by atoms with Gasteiger partial charge in [-0.3, -0.25) is 10.1 Å². The Kier molecular flexibility index (Phi) is 4.38. The largest absolute Gasteiger partial charge is 0.493 e. The number of hydrogen-bond donors (Lipinski definition) is 0. The van der Waals surface area contributed by atoms with Crippen LogP contribution in [0.4, 0.5) is 5.69 Å². The van der Waals surface area contributed by atoms with E-state index in [9.17, 15) is 14.9 Å². The van der Waals surface area contributed by atoms with Gasteiger partial charge in [0.1, 0.15) is 12.2 Å². The Morgan fingerprint density at radius 1 is 1.12 bits per heavy atom. The van der Waals surface area contributed by atoms with Gasteiger partial charge in [0.2, 0.25) is 0 Å². The van der Waals surface area contributed by atoms with Gasteiger partial charge >= 0.3 is 5.63 Å². The number of ether oxygens (including phenoxy) is 2. The third-order valence-corrected chi connectivity index (χ3v) is 3.73. The molecular formula is C18H15NO6. The van der Waals surface area contributed by atoms with E-state index < -0.39 is 10.5 Å². The molecule has 0 bridgehead atoms. The van der Waals surface area contributed by atoms with E-state index in [1.165, 1.54) is 31.4 Å². The maximum Gasteiger partial charge on any atom is 0.336 e. The van der Waals surface area contributed by atoms with E-state index >= 15 is 0 Å². The molecule has 128 valence electrons. The van der Waals surface area contributed by atoms with E-state index in [-0.39, 0.29) is 18.0 Å². The van der Waals surface area contributed by atoms with Crippen molar-refractivity contribution in [2.45, 2.75) is 13.5 Å². The quantitative estimate of drug-likeness (QED) is 0.400. The third-order valence-electron chi connectivity index (χ3n) is 3.73. The predicted molar refractivity (Wildman–Crippen MR) is 91.2 cm³/mol. The van der Waals surface area contributed by atoms with Crippen molar-refractivity contribution in [2.75, 3.05) is 7.11 Å². The first-order valence-electron chi connectivity index (χ1n) is 7.46. The Hall–Kier alpha value is -3.35. The summed E-state index contributed by atoms with van der Waals surface area (Å²) in [5.74, 6) is 0.596. The average molecular weight is 341 g/mol. The lowest BCUT2D eigenvalue weighted by molar-refractivity contribution is -0.385. The molecule has 7 heteroatoms. The summed E-state index contributed by atoms with van der Waals surface area (Å²) in [5.41, 5.74) is 1.47. The van der Waals surface area contributed by atoms with Crippen molar-refractivity contribution >= 4 is 16.7 Å². The lowest BCUT2D eigenvalue weighted by Gasteiger charge is -2.11. The Balaban J connectivity index is 1.97. The molecule has 0 saturated carbocycles. The summed E-state index contributed by atoms with van der Waals surface area (Å²) in [7, 11) is 1.45. The van der Waals surface area contributed by atoms with Crippen LogP contribution in [0.5, 0.6) is 11.5 Å². The predicted octanol–water partition coefficient (Wildman–Crippen LogP) is 3.60. The number of rotatable bonds is 5. The first-order valence-corrected chi connectivity index (χ1v) is 7.46. The van der Waals surface area contributed by atoms with E-state index in [0.29, 0.717) is 16.9 Å². The molecule has 0 aliphatic heterocycles. The molecule has 1 heterocycles. The number of methoxy groups -OCH3 is 1. The molecular weight excluding hydrogens is 326 g/mol. The minimum atomic E-state index is -0.512. The summed E-state index contributed by atoms with van der Waals surface area (Å²) in [6, 6.07) is 11.0. The highest BCUT2D eigenvalue weighted by Gasteiger charge is 2.14. The second-order valence-electron chi connectivity index (χ2n) is 5.47. The Morgan fingerprint density at radius 2 is 1.92 bits per heavy atom. The molecule has 3 rings (SSSR count). The summed E-state index contributed by atoms with van der Waals surface area (Å²) in [4.78, 5) is 22.2. The molecule has 0 aliphatic rings. The van der Waals surface area contributed by atoms with Gasteiger partial charge in [-0.2, -0.15) is 0 Å². The lowest BCUT2D eigenvalue weighted by Crippen LogP contribution is -2.05. The van der Waals surface area contributed by atoms with Crippen LogP contribution in [-0.4, -0.2) is 12.0 Å². The Morgan fingerprint density at radius 3 is 2.64 bits per heavy atom. The van der Waals surface area contributed by atoms with Crippen molar-refractivity contribution in [3.63, 3.8) is 0 Å². The molecule has 0 radical (unpaired) electrons. The standard InChI is InChI=1S/C18H15NO6/c1-11-3-5-14-12(8-18(20)25-16(14)7-11)10-24-17-9-13(19(21)22)4-6-15(17)23-2/h3-9H,10H2,1-2H3. The topological polar surface area (TPSA) is 91.8 Å². The number of benzene rings is 2. The smallest absolute Gasteiger partial charge is 0.336 e. The van der Waals surface area contributed by atoms with Gasteiger partial charge < -0.3 is 13.9 Å². The average Bonchev–Trinajstić information content (AvgIpc) is 2.58. The second kappa shape index (κ2) is 6.64. The number of nitro benzene ring substituents is 1. The number of aryl methyl sites for hydroxylation is 1. The fourth-order valence-electron chi connectivity index (χ4n) is 2.50. The minimum Gasteiger partial charge on any atom is -0.493 e. The monoisotopic (exact) mass is 341 g/mol. The van der Waals surface area contributed by atoms with Crippen LogP contribution in [0.1, 0.15) is 11.1 Å². The third kappa shape index (κ3) is 3.45. The summed E-state index contributed by atoms with van der Waals surface area (Å²) in [5, 5.41) is 11.7. The second-order valence-corrected chi connectivity index (χ2v) is 5.47. The summed E-state index contributed by atoms with van der Waals surface area (Å²) in [6.07, 6.45) is 0. The molecule has 2 aromatic carbocycles. The van der Waals surface area contributed by atoms with Crippen LogP contribution in [0.15, 0.2) is 51.7 Å². The SMILES string of the molecule is COc1ccc([N+](=O)[O-])cc1OCc1cc(=O)oc2cc(C)ccc12. The summed E-state index contributed by atoms with van der Waals surface area (Å²) in [6.45, 7) is 1.94. The van der Waals surface area contributed by atoms with E-state index in [1.54, 1.807) is 6.07 Å². The highest BCUT2D eigenvalue weighted by molar-refractivity contribution is 5.80. The van der Waals surface area contributed by atoms with Gasteiger partial charge in [-0.05, 0) is 24.6 Å². The molecule has 0 aliphatic carbocycles. The van der Waals surface area contributed by atoms with Crippen molar-refractivity contribution in [3.05, 3.63) is 74.1 Å². The number of fused-ring (bicyclic) bond motifs is 1.